The highest BCUT2D eigenvalue weighted by Crippen LogP contribution is 2.17. The predicted molar refractivity (Wildman–Crippen MR) is 70.2 cm³/mol. The Labute approximate surface area is 118 Å². The second kappa shape index (κ2) is 7.59. The Morgan fingerprint density at radius 3 is 1.90 bits per heavy atom. The molecule has 2 aromatic carbocycles. The Hall–Kier alpha value is -2.96. The van der Waals surface area contributed by atoms with Crippen LogP contribution in [0.4, 0.5) is 14.5 Å². The zero-order valence-corrected chi connectivity index (χ0v) is 10.5. The summed E-state index contributed by atoms with van der Waals surface area (Å²) in [5.74, 6) is -1.26. The Morgan fingerprint density at radius 1 is 0.905 bits per heavy atom. The average Bonchev–Trinajstić information content (AvgIpc) is 2.49. The van der Waals surface area contributed by atoms with Crippen molar-refractivity contribution in [1.29, 1.82) is 0 Å². The van der Waals surface area contributed by atoms with Crippen LogP contribution in [0.2, 0.25) is 0 Å². The fourth-order valence-corrected chi connectivity index (χ4v) is 1.28. The molecule has 0 spiro atoms. The third kappa shape index (κ3) is 4.90. The van der Waals surface area contributed by atoms with E-state index in [1.165, 1.54) is 30.3 Å². The number of benzene rings is 2. The zero-order chi connectivity index (χ0) is 15.8. The Balaban J connectivity index is 0.000000219. The number of nitro groups is 1. The molecule has 0 saturated heterocycles. The Bertz CT molecular complexity index is 657. The molecule has 2 aromatic rings. The summed E-state index contributed by atoms with van der Waals surface area (Å²) >= 11 is 0. The minimum Gasteiger partial charge on any atom is -0.298 e. The molecule has 0 radical (unpaired) electrons. The molecule has 7 heteroatoms. The average molecular weight is 293 g/mol. The van der Waals surface area contributed by atoms with Gasteiger partial charge < -0.3 is 0 Å². The number of carbonyl (C=O) groups is 2. The van der Waals surface area contributed by atoms with Gasteiger partial charge in [-0.2, -0.15) is 4.39 Å². The van der Waals surface area contributed by atoms with Gasteiger partial charge in [0.25, 0.3) is 0 Å². The molecule has 0 bridgehead atoms. The number of rotatable bonds is 3. The summed E-state index contributed by atoms with van der Waals surface area (Å²) in [6.07, 6.45) is 1.10. The first-order valence-electron chi connectivity index (χ1n) is 5.57. The topological polar surface area (TPSA) is 77.3 Å². The van der Waals surface area contributed by atoms with E-state index in [0.29, 0.717) is 18.1 Å². The molecule has 0 aliphatic carbocycles. The van der Waals surface area contributed by atoms with Crippen LogP contribution >= 0.6 is 0 Å². The van der Waals surface area contributed by atoms with Crippen LogP contribution in [0, 0.1) is 21.7 Å². The minimum atomic E-state index is -0.939. The van der Waals surface area contributed by atoms with E-state index in [1.54, 1.807) is 0 Å². The molecule has 2 rings (SSSR count). The van der Waals surface area contributed by atoms with Gasteiger partial charge in [-0.05, 0) is 36.4 Å². The van der Waals surface area contributed by atoms with Gasteiger partial charge in [0.05, 0.1) is 4.92 Å². The summed E-state index contributed by atoms with van der Waals surface area (Å²) in [6, 6.07) is 8.33. The van der Waals surface area contributed by atoms with Crippen molar-refractivity contribution in [3.8, 4) is 0 Å². The van der Waals surface area contributed by atoms with Crippen molar-refractivity contribution >= 4 is 18.3 Å². The van der Waals surface area contributed by atoms with E-state index >= 15 is 0 Å². The molecule has 0 aliphatic heterocycles. The van der Waals surface area contributed by atoms with E-state index < -0.39 is 16.4 Å². The van der Waals surface area contributed by atoms with E-state index in [-0.39, 0.29) is 11.4 Å². The monoisotopic (exact) mass is 293 g/mol. The molecule has 0 N–H and O–H groups in total. The van der Waals surface area contributed by atoms with Crippen molar-refractivity contribution in [1.82, 2.24) is 0 Å². The highest BCUT2D eigenvalue weighted by molar-refractivity contribution is 5.76. The summed E-state index contributed by atoms with van der Waals surface area (Å²) in [5.41, 5.74) is -0.0981. The second-order valence-electron chi connectivity index (χ2n) is 3.76. The molecule has 0 fully saturated rings. The van der Waals surface area contributed by atoms with Gasteiger partial charge in [-0.1, -0.05) is 0 Å². The maximum absolute atomic E-state index is 12.6. The van der Waals surface area contributed by atoms with Crippen molar-refractivity contribution in [2.24, 2.45) is 0 Å². The smallest absolute Gasteiger partial charge is 0.298 e. The second-order valence-corrected chi connectivity index (χ2v) is 3.76. The molecule has 0 aliphatic rings. The van der Waals surface area contributed by atoms with Crippen LogP contribution in [0.15, 0.2) is 42.5 Å². The highest BCUT2D eigenvalue weighted by Gasteiger charge is 2.13. The molecular formula is C14H9F2NO4. The Kier molecular flexibility index (Phi) is 5.81. The van der Waals surface area contributed by atoms with Gasteiger partial charge in [0.1, 0.15) is 18.4 Å². The van der Waals surface area contributed by atoms with E-state index in [9.17, 15) is 28.5 Å². The van der Waals surface area contributed by atoms with Gasteiger partial charge in [0.2, 0.25) is 5.82 Å². The molecular weight excluding hydrogens is 284 g/mol. The summed E-state index contributed by atoms with van der Waals surface area (Å²) in [7, 11) is 0. The van der Waals surface area contributed by atoms with Gasteiger partial charge in [-0.3, -0.25) is 19.7 Å². The SMILES string of the molecule is O=Cc1ccc(F)c([N+](=O)[O-])c1.O=Cc1ccc(F)cc1. The van der Waals surface area contributed by atoms with Crippen LogP contribution in [-0.2, 0) is 0 Å². The largest absolute Gasteiger partial charge is 0.305 e. The molecule has 0 aromatic heterocycles. The third-order valence-corrected chi connectivity index (χ3v) is 2.31. The quantitative estimate of drug-likeness (QED) is 0.494. The number of nitro benzene ring substituents is 1. The summed E-state index contributed by atoms with van der Waals surface area (Å²) in [5, 5.41) is 10.1. The molecule has 108 valence electrons. The number of hydrogen-bond acceptors (Lipinski definition) is 4. The fourth-order valence-electron chi connectivity index (χ4n) is 1.28. The number of nitrogens with zero attached hydrogens (tertiary/aromatic N) is 1. The lowest BCUT2D eigenvalue weighted by Gasteiger charge is -1.93. The van der Waals surface area contributed by atoms with Crippen molar-refractivity contribution < 1.29 is 23.3 Å². The lowest BCUT2D eigenvalue weighted by molar-refractivity contribution is -0.387. The van der Waals surface area contributed by atoms with Crippen molar-refractivity contribution in [2.45, 2.75) is 0 Å². The van der Waals surface area contributed by atoms with E-state index in [4.69, 9.17) is 0 Å². The molecule has 0 saturated carbocycles. The molecule has 0 amide bonds. The van der Waals surface area contributed by atoms with Gasteiger partial charge >= 0.3 is 5.69 Å². The summed E-state index contributed by atoms with van der Waals surface area (Å²) in [4.78, 5) is 29.4. The first kappa shape index (κ1) is 16.1. The lowest BCUT2D eigenvalue weighted by atomic mass is 10.2. The van der Waals surface area contributed by atoms with Gasteiger partial charge in [-0.25, -0.2) is 4.39 Å². The standard InChI is InChI=1S/C7H4FNO3.C7H5FO/c8-6-2-1-5(4-10)3-7(6)9(11)12;8-7-3-1-6(5-9)2-4-7/h1-4H;1-5H. The number of aldehydes is 2. The van der Waals surface area contributed by atoms with E-state index in [2.05, 4.69) is 0 Å². The van der Waals surface area contributed by atoms with Gasteiger partial charge in [0, 0.05) is 17.2 Å². The number of halogens is 2. The first-order valence-corrected chi connectivity index (χ1v) is 5.57. The van der Waals surface area contributed by atoms with Crippen molar-refractivity contribution in [2.75, 3.05) is 0 Å². The maximum atomic E-state index is 12.6. The zero-order valence-electron chi connectivity index (χ0n) is 10.5. The molecule has 0 heterocycles. The normalized spacial score (nSPS) is 9.24. The molecule has 0 atom stereocenters. The highest BCUT2D eigenvalue weighted by atomic mass is 19.1. The van der Waals surface area contributed by atoms with E-state index in [1.807, 2.05) is 0 Å². The number of hydrogen-bond donors (Lipinski definition) is 0. The maximum Gasteiger partial charge on any atom is 0.305 e. The van der Waals surface area contributed by atoms with Crippen LogP contribution < -0.4 is 0 Å². The predicted octanol–water partition coefficient (Wildman–Crippen LogP) is 3.18. The van der Waals surface area contributed by atoms with Crippen LogP contribution in [0.25, 0.3) is 0 Å². The summed E-state index contributed by atoms with van der Waals surface area (Å²) in [6.45, 7) is 0. The van der Waals surface area contributed by atoms with Crippen LogP contribution in [-0.4, -0.2) is 17.5 Å². The van der Waals surface area contributed by atoms with Crippen LogP contribution in [0.3, 0.4) is 0 Å². The molecule has 0 unspecified atom stereocenters. The van der Waals surface area contributed by atoms with Crippen molar-refractivity contribution in [3.05, 3.63) is 75.3 Å². The molecule has 5 nitrogen and oxygen atoms in total. The number of carbonyl (C=O) groups excluding carboxylic acids is 2. The Morgan fingerprint density at radius 2 is 1.43 bits per heavy atom. The van der Waals surface area contributed by atoms with Crippen LogP contribution in [0.5, 0.6) is 0 Å². The summed E-state index contributed by atoms with van der Waals surface area (Å²) < 4.78 is 24.7. The molecule has 21 heavy (non-hydrogen) atoms. The van der Waals surface area contributed by atoms with Crippen molar-refractivity contribution in [3.63, 3.8) is 0 Å². The van der Waals surface area contributed by atoms with Gasteiger partial charge in [0.15, 0.2) is 0 Å². The lowest BCUT2D eigenvalue weighted by Crippen LogP contribution is -1.93. The van der Waals surface area contributed by atoms with Gasteiger partial charge in [-0.15, -0.1) is 0 Å². The third-order valence-electron chi connectivity index (χ3n) is 2.31. The fraction of sp³-hybridized carbons (Fsp3) is 0. The van der Waals surface area contributed by atoms with Crippen LogP contribution in [0.1, 0.15) is 20.7 Å². The first-order chi connectivity index (χ1) is 9.97. The van der Waals surface area contributed by atoms with E-state index in [0.717, 1.165) is 12.1 Å². The minimum absolute atomic E-state index is 0.0862.